The summed E-state index contributed by atoms with van der Waals surface area (Å²) in [5.74, 6) is -0.729. The molecular formula is C26H36ClFN4O3S2. The molecule has 3 aromatic rings. The molecule has 2 aromatic carbocycles. The number of sulfonamides is 1. The fourth-order valence-electron chi connectivity index (χ4n) is 3.94. The van der Waals surface area contributed by atoms with Crippen LogP contribution in [0.5, 0.6) is 0 Å². The number of fused-ring (bicyclic) bond motifs is 1. The second-order valence-electron chi connectivity index (χ2n) is 8.44. The zero-order valence-electron chi connectivity index (χ0n) is 21.8. The molecule has 7 nitrogen and oxygen atoms in total. The molecule has 11 heteroatoms. The van der Waals surface area contributed by atoms with Gasteiger partial charge in [-0.2, -0.15) is 4.31 Å². The highest BCUT2D eigenvalue weighted by Crippen LogP contribution is 2.31. The second kappa shape index (κ2) is 14.2. The highest BCUT2D eigenvalue weighted by molar-refractivity contribution is 7.89. The molecule has 1 heterocycles. The van der Waals surface area contributed by atoms with E-state index in [1.807, 2.05) is 13.8 Å². The fourth-order valence-corrected chi connectivity index (χ4v) is 6.43. The third-order valence-corrected chi connectivity index (χ3v) is 9.25. The van der Waals surface area contributed by atoms with Crippen LogP contribution < -0.4 is 4.90 Å². The van der Waals surface area contributed by atoms with Crippen LogP contribution in [0.2, 0.25) is 0 Å². The average Bonchev–Trinajstić information content (AvgIpc) is 3.32. The number of carbonyl (C=O) groups excluding carboxylic acids is 1. The Morgan fingerprint density at radius 1 is 0.946 bits per heavy atom. The maximum atomic E-state index is 14.3. The lowest BCUT2D eigenvalue weighted by Crippen LogP contribution is -2.39. The molecule has 0 radical (unpaired) electrons. The fraction of sp³-hybridized carbons (Fsp3) is 0.462. The first kappa shape index (κ1) is 31.1. The van der Waals surface area contributed by atoms with E-state index in [-0.39, 0.29) is 28.7 Å². The van der Waals surface area contributed by atoms with Crippen molar-refractivity contribution in [3.63, 3.8) is 0 Å². The second-order valence-corrected chi connectivity index (χ2v) is 11.4. The summed E-state index contributed by atoms with van der Waals surface area (Å²) in [6.07, 6.45) is 1.69. The summed E-state index contributed by atoms with van der Waals surface area (Å²) in [7, 11) is -3.64. The predicted molar refractivity (Wildman–Crippen MR) is 152 cm³/mol. The maximum absolute atomic E-state index is 14.3. The van der Waals surface area contributed by atoms with Crippen molar-refractivity contribution in [3.8, 4) is 0 Å². The van der Waals surface area contributed by atoms with Gasteiger partial charge in [0.05, 0.1) is 9.60 Å². The highest BCUT2D eigenvalue weighted by Gasteiger charge is 2.25. The minimum atomic E-state index is -3.64. The number of halogens is 2. The first-order valence-electron chi connectivity index (χ1n) is 12.5. The van der Waals surface area contributed by atoms with Crippen molar-refractivity contribution in [3.05, 3.63) is 53.8 Å². The van der Waals surface area contributed by atoms with Crippen molar-refractivity contribution in [2.75, 3.05) is 44.2 Å². The van der Waals surface area contributed by atoms with Gasteiger partial charge >= 0.3 is 0 Å². The molecule has 0 aliphatic rings. The molecule has 0 bridgehead atoms. The molecule has 0 saturated carbocycles. The minimum absolute atomic E-state index is 0. The SMILES string of the molecule is CCCCN(CC)S(=O)(=O)c1ccc(C(=O)N(CCN(CC)CC)c2nc3c(F)cccc3s2)cc1.Cl. The molecule has 1 amide bonds. The predicted octanol–water partition coefficient (Wildman–Crippen LogP) is 5.66. The van der Waals surface area contributed by atoms with Gasteiger partial charge in [0.2, 0.25) is 10.0 Å². The molecule has 0 spiro atoms. The van der Waals surface area contributed by atoms with E-state index in [9.17, 15) is 17.6 Å². The van der Waals surface area contributed by atoms with Crippen LogP contribution in [-0.4, -0.2) is 67.8 Å². The van der Waals surface area contributed by atoms with E-state index in [0.717, 1.165) is 25.9 Å². The van der Waals surface area contributed by atoms with Crippen LogP contribution in [0.1, 0.15) is 50.9 Å². The first-order valence-corrected chi connectivity index (χ1v) is 14.7. The van der Waals surface area contributed by atoms with Crippen molar-refractivity contribution in [2.45, 2.75) is 45.4 Å². The molecular weight excluding hydrogens is 535 g/mol. The Bertz CT molecular complexity index is 1260. The van der Waals surface area contributed by atoms with Gasteiger partial charge in [0.1, 0.15) is 11.3 Å². The van der Waals surface area contributed by atoms with Gasteiger partial charge in [0.25, 0.3) is 5.91 Å². The molecule has 0 atom stereocenters. The maximum Gasteiger partial charge on any atom is 0.260 e. The molecule has 1 aromatic heterocycles. The van der Waals surface area contributed by atoms with Crippen LogP contribution in [0.15, 0.2) is 47.4 Å². The number of thiazole rings is 1. The van der Waals surface area contributed by atoms with Crippen molar-refractivity contribution in [1.82, 2.24) is 14.2 Å². The smallest absolute Gasteiger partial charge is 0.260 e. The van der Waals surface area contributed by atoms with Gasteiger partial charge in [0, 0.05) is 31.7 Å². The number of likely N-dealkylation sites (N-methyl/N-ethyl adjacent to an activating group) is 1. The lowest BCUT2D eigenvalue weighted by Gasteiger charge is -2.25. The molecule has 37 heavy (non-hydrogen) atoms. The van der Waals surface area contributed by atoms with Crippen LogP contribution in [0, 0.1) is 5.82 Å². The summed E-state index contributed by atoms with van der Waals surface area (Å²) in [6.45, 7) is 11.5. The Morgan fingerprint density at radius 2 is 1.62 bits per heavy atom. The van der Waals surface area contributed by atoms with E-state index in [1.54, 1.807) is 29.2 Å². The molecule has 204 valence electrons. The zero-order valence-corrected chi connectivity index (χ0v) is 24.3. The van der Waals surface area contributed by atoms with Crippen LogP contribution in [0.3, 0.4) is 0 Å². The zero-order chi connectivity index (χ0) is 26.3. The van der Waals surface area contributed by atoms with Crippen molar-refractivity contribution < 1.29 is 17.6 Å². The third-order valence-electron chi connectivity index (χ3n) is 6.22. The topological polar surface area (TPSA) is 73.8 Å². The first-order chi connectivity index (χ1) is 17.3. The van der Waals surface area contributed by atoms with Crippen LogP contribution in [-0.2, 0) is 10.0 Å². The molecule has 0 N–H and O–H groups in total. The van der Waals surface area contributed by atoms with Crippen molar-refractivity contribution in [2.24, 2.45) is 0 Å². The summed E-state index contributed by atoms with van der Waals surface area (Å²) in [5.41, 5.74) is 0.594. The quantitative estimate of drug-likeness (QED) is 0.265. The number of unbranched alkanes of at least 4 members (excludes halogenated alkanes) is 1. The number of para-hydroxylation sites is 1. The standard InChI is InChI=1S/C26H35FN4O3S2.ClH/c1-5-9-17-30(8-4)36(33,34)21-15-13-20(14-16-21)25(32)31(19-18-29(6-2)7-3)26-28-24-22(27)11-10-12-23(24)35-26;/h10-16H,5-9,17-19H2,1-4H3;1H. The van der Waals surface area contributed by atoms with Crippen LogP contribution in [0.25, 0.3) is 10.2 Å². The number of benzene rings is 2. The number of amides is 1. The molecule has 3 rings (SSSR count). The average molecular weight is 571 g/mol. The Kier molecular flexibility index (Phi) is 11.9. The lowest BCUT2D eigenvalue weighted by atomic mass is 10.2. The third kappa shape index (κ3) is 7.26. The van der Waals surface area contributed by atoms with Gasteiger partial charge < -0.3 is 4.90 Å². The molecule has 0 aliphatic heterocycles. The van der Waals surface area contributed by atoms with Gasteiger partial charge in [-0.1, -0.05) is 51.5 Å². The molecule has 0 aliphatic carbocycles. The van der Waals surface area contributed by atoms with E-state index in [4.69, 9.17) is 0 Å². The number of anilines is 1. The number of carbonyl (C=O) groups is 1. The summed E-state index contributed by atoms with van der Waals surface area (Å²) in [4.78, 5) is 22.0. The van der Waals surface area contributed by atoms with Crippen molar-refractivity contribution >= 4 is 55.0 Å². The van der Waals surface area contributed by atoms with E-state index in [2.05, 4.69) is 23.7 Å². The number of aromatic nitrogens is 1. The number of hydrogen-bond donors (Lipinski definition) is 0. The van der Waals surface area contributed by atoms with Gasteiger partial charge in [-0.3, -0.25) is 9.69 Å². The summed E-state index contributed by atoms with van der Waals surface area (Å²) >= 11 is 1.26. The Morgan fingerprint density at radius 3 is 2.19 bits per heavy atom. The summed E-state index contributed by atoms with van der Waals surface area (Å²) in [5, 5.41) is 0.417. The van der Waals surface area contributed by atoms with Crippen LogP contribution in [0.4, 0.5) is 9.52 Å². The molecule has 0 unspecified atom stereocenters. The number of rotatable bonds is 13. The number of hydrogen-bond acceptors (Lipinski definition) is 6. The van der Waals surface area contributed by atoms with Gasteiger partial charge in [0.15, 0.2) is 5.13 Å². The Hall–Kier alpha value is -2.11. The van der Waals surface area contributed by atoms with Crippen LogP contribution >= 0.6 is 23.7 Å². The summed E-state index contributed by atoms with van der Waals surface area (Å²) < 4.78 is 42.6. The van der Waals surface area contributed by atoms with E-state index >= 15 is 0 Å². The molecule has 0 saturated heterocycles. The van der Waals surface area contributed by atoms with E-state index in [1.165, 1.54) is 33.8 Å². The molecule has 0 fully saturated rings. The van der Waals surface area contributed by atoms with Gasteiger partial charge in [-0.15, -0.1) is 12.4 Å². The van der Waals surface area contributed by atoms with Gasteiger partial charge in [-0.25, -0.2) is 17.8 Å². The highest BCUT2D eigenvalue weighted by atomic mass is 35.5. The van der Waals surface area contributed by atoms with Gasteiger partial charge in [-0.05, 0) is 55.9 Å². The monoisotopic (exact) mass is 570 g/mol. The lowest BCUT2D eigenvalue weighted by molar-refractivity contribution is 0.0983. The van der Waals surface area contributed by atoms with Crippen molar-refractivity contribution in [1.29, 1.82) is 0 Å². The largest absolute Gasteiger partial charge is 0.302 e. The Labute approximate surface area is 229 Å². The van der Waals surface area contributed by atoms with E-state index in [0.29, 0.717) is 41.6 Å². The minimum Gasteiger partial charge on any atom is -0.302 e. The normalized spacial score (nSPS) is 11.8. The number of nitrogens with zero attached hydrogens (tertiary/aromatic N) is 4. The Balaban J connectivity index is 0.00000481. The van der Waals surface area contributed by atoms with E-state index < -0.39 is 15.8 Å². The summed E-state index contributed by atoms with van der Waals surface area (Å²) in [6, 6.07) is 10.8.